The fourth-order valence-electron chi connectivity index (χ4n) is 3.32. The van der Waals surface area contributed by atoms with Crippen LogP contribution in [0, 0.1) is 5.92 Å². The monoisotopic (exact) mass is 356 g/mol. The molecule has 5 nitrogen and oxygen atoms in total. The van der Waals surface area contributed by atoms with E-state index in [1.807, 2.05) is 0 Å². The van der Waals surface area contributed by atoms with Gasteiger partial charge in [-0.15, -0.1) is 0 Å². The lowest BCUT2D eigenvalue weighted by Crippen LogP contribution is -2.49. The van der Waals surface area contributed by atoms with Crippen LogP contribution < -0.4 is 5.32 Å². The number of aliphatic imine (C=N–C) groups is 1. The summed E-state index contributed by atoms with van der Waals surface area (Å²) in [5.74, 6) is 3.01. The molecule has 0 saturated carbocycles. The van der Waals surface area contributed by atoms with Crippen molar-refractivity contribution in [2.45, 2.75) is 51.4 Å². The predicted molar refractivity (Wildman–Crippen MR) is 105 cm³/mol. The largest absolute Gasteiger partial charge is 0.393 e. The zero-order valence-electron chi connectivity index (χ0n) is 15.7. The predicted octanol–water partition coefficient (Wildman–Crippen LogP) is 1.87. The van der Waals surface area contributed by atoms with Gasteiger partial charge in [-0.1, -0.05) is 13.8 Å². The third kappa shape index (κ3) is 6.45. The summed E-state index contributed by atoms with van der Waals surface area (Å²) in [7, 11) is 0. The van der Waals surface area contributed by atoms with Gasteiger partial charge in [-0.2, -0.15) is 11.8 Å². The summed E-state index contributed by atoms with van der Waals surface area (Å²) in [6.45, 7) is 14.0. The number of rotatable bonds is 6. The molecule has 0 aliphatic carbocycles. The molecule has 2 aliphatic heterocycles. The van der Waals surface area contributed by atoms with Crippen molar-refractivity contribution in [2.24, 2.45) is 10.9 Å². The molecule has 2 saturated heterocycles. The first-order valence-electron chi connectivity index (χ1n) is 9.65. The zero-order chi connectivity index (χ0) is 17.4. The Bertz CT molecular complexity index is 383. The van der Waals surface area contributed by atoms with Crippen molar-refractivity contribution in [1.82, 2.24) is 15.1 Å². The van der Waals surface area contributed by atoms with Crippen molar-refractivity contribution >= 4 is 17.7 Å². The van der Waals surface area contributed by atoms with E-state index in [9.17, 15) is 5.11 Å². The first-order valence-corrected chi connectivity index (χ1v) is 10.7. The van der Waals surface area contributed by atoms with Crippen LogP contribution in [0.5, 0.6) is 0 Å². The van der Waals surface area contributed by atoms with E-state index in [2.05, 4.69) is 47.6 Å². The van der Waals surface area contributed by atoms with Crippen LogP contribution in [0.4, 0.5) is 0 Å². The Morgan fingerprint density at radius 1 is 1.29 bits per heavy atom. The Balaban J connectivity index is 1.77. The number of nitrogens with zero attached hydrogens (tertiary/aromatic N) is 3. The van der Waals surface area contributed by atoms with Gasteiger partial charge in [0.2, 0.25) is 0 Å². The van der Waals surface area contributed by atoms with Crippen LogP contribution in [-0.4, -0.2) is 83.8 Å². The molecular formula is C18H36N4OS. The summed E-state index contributed by atoms with van der Waals surface area (Å²) in [6.07, 6.45) is 2.87. The van der Waals surface area contributed by atoms with Crippen LogP contribution in [0.15, 0.2) is 4.99 Å². The van der Waals surface area contributed by atoms with Gasteiger partial charge >= 0.3 is 0 Å². The highest BCUT2D eigenvalue weighted by molar-refractivity contribution is 8.00. The van der Waals surface area contributed by atoms with Crippen molar-refractivity contribution in [3.8, 4) is 0 Å². The summed E-state index contributed by atoms with van der Waals surface area (Å²) < 4.78 is 0. The van der Waals surface area contributed by atoms with E-state index < -0.39 is 0 Å². The van der Waals surface area contributed by atoms with E-state index in [-0.39, 0.29) is 6.10 Å². The molecule has 0 aromatic heterocycles. The van der Waals surface area contributed by atoms with Gasteiger partial charge in [0.25, 0.3) is 0 Å². The van der Waals surface area contributed by atoms with Gasteiger partial charge in [0, 0.05) is 50.3 Å². The average Bonchev–Trinajstić information content (AvgIpc) is 2.59. The highest BCUT2D eigenvalue weighted by Gasteiger charge is 2.24. The summed E-state index contributed by atoms with van der Waals surface area (Å²) in [6, 6.07) is 0. The molecule has 2 heterocycles. The number of hydrogen-bond donors (Lipinski definition) is 2. The molecule has 1 unspecified atom stereocenters. The van der Waals surface area contributed by atoms with Crippen molar-refractivity contribution in [3.63, 3.8) is 0 Å². The maximum Gasteiger partial charge on any atom is 0.193 e. The number of likely N-dealkylation sites (tertiary alicyclic amines) is 1. The molecule has 2 N–H and O–H groups in total. The molecule has 0 aromatic rings. The maximum atomic E-state index is 9.57. The number of aliphatic hydroxyl groups excluding tert-OH is 1. The fraction of sp³-hybridized carbons (Fsp3) is 0.944. The molecule has 0 spiro atoms. The number of hydrogen-bond acceptors (Lipinski definition) is 4. The molecule has 1 atom stereocenters. The van der Waals surface area contributed by atoms with E-state index >= 15 is 0 Å². The van der Waals surface area contributed by atoms with Crippen LogP contribution in [0.1, 0.15) is 40.0 Å². The molecule has 0 bridgehead atoms. The number of piperidine rings is 1. The van der Waals surface area contributed by atoms with E-state index in [1.54, 1.807) is 0 Å². The lowest BCUT2D eigenvalue weighted by molar-refractivity contribution is 0.0824. The molecule has 2 aliphatic rings. The van der Waals surface area contributed by atoms with Crippen molar-refractivity contribution in [1.29, 1.82) is 0 Å². The molecule has 2 rings (SSSR count). The Labute approximate surface area is 152 Å². The fourth-order valence-corrected chi connectivity index (χ4v) is 4.62. The summed E-state index contributed by atoms with van der Waals surface area (Å²) >= 11 is 2.11. The average molecular weight is 357 g/mol. The third-order valence-electron chi connectivity index (χ3n) is 4.92. The van der Waals surface area contributed by atoms with Crippen LogP contribution >= 0.6 is 11.8 Å². The Hall–Kier alpha value is -0.460. The minimum Gasteiger partial charge on any atom is -0.393 e. The van der Waals surface area contributed by atoms with Gasteiger partial charge in [-0.05, 0) is 38.6 Å². The second-order valence-electron chi connectivity index (χ2n) is 7.26. The van der Waals surface area contributed by atoms with Gasteiger partial charge < -0.3 is 20.2 Å². The van der Waals surface area contributed by atoms with Gasteiger partial charge in [0.1, 0.15) is 0 Å². The van der Waals surface area contributed by atoms with E-state index in [4.69, 9.17) is 4.99 Å². The molecular weight excluding hydrogens is 320 g/mol. The summed E-state index contributed by atoms with van der Waals surface area (Å²) in [5.41, 5.74) is 0. The first kappa shape index (κ1) is 19.9. The lowest BCUT2D eigenvalue weighted by atomic mass is 10.1. The van der Waals surface area contributed by atoms with Crippen LogP contribution in [-0.2, 0) is 0 Å². The van der Waals surface area contributed by atoms with E-state index in [0.717, 1.165) is 77.0 Å². The summed E-state index contributed by atoms with van der Waals surface area (Å²) in [5, 5.41) is 13.8. The molecule has 0 radical (unpaired) electrons. The minimum absolute atomic E-state index is 0.0782. The lowest BCUT2D eigenvalue weighted by Gasteiger charge is -2.36. The maximum absolute atomic E-state index is 9.57. The second kappa shape index (κ2) is 10.5. The van der Waals surface area contributed by atoms with E-state index in [1.165, 1.54) is 5.75 Å². The quantitative estimate of drug-likeness (QED) is 0.432. The number of aliphatic hydroxyl groups is 1. The Kier molecular flexibility index (Phi) is 8.70. The Morgan fingerprint density at radius 2 is 2.04 bits per heavy atom. The third-order valence-corrected chi connectivity index (χ3v) is 6.46. The minimum atomic E-state index is -0.0782. The molecule has 2 fully saturated rings. The van der Waals surface area contributed by atoms with Gasteiger partial charge in [-0.3, -0.25) is 4.99 Å². The SMILES string of the molecule is CCNC(=NCCCN1CCC(O)CC1)N1CCSC(C(C)C)C1. The standard InChI is InChI=1S/C18H36N4OS/c1-4-19-18(22-12-13-24-17(14-22)15(2)3)20-8-5-9-21-10-6-16(23)7-11-21/h15-17,23H,4-14H2,1-3H3,(H,19,20). The molecule has 0 amide bonds. The molecule has 6 heteroatoms. The van der Waals surface area contributed by atoms with Crippen LogP contribution in [0.3, 0.4) is 0 Å². The van der Waals surface area contributed by atoms with Crippen molar-refractivity contribution in [2.75, 3.05) is 51.6 Å². The summed E-state index contributed by atoms with van der Waals surface area (Å²) in [4.78, 5) is 9.78. The second-order valence-corrected chi connectivity index (χ2v) is 8.61. The molecule has 140 valence electrons. The number of thioether (sulfide) groups is 1. The highest BCUT2D eigenvalue weighted by atomic mass is 32.2. The topological polar surface area (TPSA) is 51.1 Å². The van der Waals surface area contributed by atoms with Gasteiger partial charge in [0.15, 0.2) is 5.96 Å². The van der Waals surface area contributed by atoms with Crippen LogP contribution in [0.25, 0.3) is 0 Å². The normalized spacial score (nSPS) is 24.6. The van der Waals surface area contributed by atoms with Crippen molar-refractivity contribution in [3.05, 3.63) is 0 Å². The zero-order valence-corrected chi connectivity index (χ0v) is 16.5. The van der Waals surface area contributed by atoms with Gasteiger partial charge in [0.05, 0.1) is 6.10 Å². The van der Waals surface area contributed by atoms with Crippen molar-refractivity contribution < 1.29 is 5.11 Å². The van der Waals surface area contributed by atoms with Gasteiger partial charge in [-0.25, -0.2) is 0 Å². The van der Waals surface area contributed by atoms with E-state index in [0.29, 0.717) is 5.25 Å². The number of nitrogens with one attached hydrogen (secondary N) is 1. The Morgan fingerprint density at radius 3 is 2.71 bits per heavy atom. The van der Waals surface area contributed by atoms with Crippen LogP contribution in [0.2, 0.25) is 0 Å². The highest BCUT2D eigenvalue weighted by Crippen LogP contribution is 2.24. The smallest absolute Gasteiger partial charge is 0.193 e. The molecule has 0 aromatic carbocycles. The molecule has 24 heavy (non-hydrogen) atoms. The number of guanidine groups is 1. The first-order chi connectivity index (χ1) is 11.6.